The normalized spacial score (nSPS) is 13.4. The number of benzene rings is 1. The molecule has 3 nitrogen and oxygen atoms in total. The molecular weight excluding hydrogens is 302 g/mol. The van der Waals surface area contributed by atoms with Crippen molar-refractivity contribution < 1.29 is 8.42 Å². The lowest BCUT2D eigenvalue weighted by Gasteiger charge is -2.13. The lowest BCUT2D eigenvalue weighted by Crippen LogP contribution is -2.32. The molecule has 5 heteroatoms. The van der Waals surface area contributed by atoms with Gasteiger partial charge in [-0.05, 0) is 36.9 Å². The molecule has 1 aromatic rings. The molecule has 0 saturated heterocycles. The van der Waals surface area contributed by atoms with Gasteiger partial charge in [0, 0.05) is 6.04 Å². The number of rotatable bonds is 5. The molecule has 0 radical (unpaired) electrons. The highest BCUT2D eigenvalue weighted by Gasteiger charge is 2.16. The van der Waals surface area contributed by atoms with Gasteiger partial charge in [-0.15, -0.1) is 0 Å². The molecule has 1 unspecified atom stereocenters. The summed E-state index contributed by atoms with van der Waals surface area (Å²) in [4.78, 5) is 0.287. The summed E-state index contributed by atoms with van der Waals surface area (Å²) in [6.07, 6.45) is 0.561. The van der Waals surface area contributed by atoms with E-state index >= 15 is 0 Å². The Hall–Kier alpha value is -0.650. The monoisotopic (exact) mass is 317 g/mol. The summed E-state index contributed by atoms with van der Waals surface area (Å²) in [6, 6.07) is 6.58. The van der Waals surface area contributed by atoms with Crippen molar-refractivity contribution in [2.45, 2.75) is 31.2 Å². The quantitative estimate of drug-likeness (QED) is 0.907. The van der Waals surface area contributed by atoms with Crippen LogP contribution < -0.4 is 4.72 Å². The fourth-order valence-corrected chi connectivity index (χ4v) is 3.15. The average Bonchev–Trinajstić information content (AvgIpc) is 2.15. The van der Waals surface area contributed by atoms with E-state index in [1.807, 2.05) is 6.92 Å². The number of hydrogen-bond acceptors (Lipinski definition) is 2. The Kier molecular flexibility index (Phi) is 4.91. The minimum absolute atomic E-state index is 0.187. The van der Waals surface area contributed by atoms with Crippen molar-refractivity contribution in [1.29, 1.82) is 0 Å². The first-order valence-electron chi connectivity index (χ1n) is 5.23. The highest BCUT2D eigenvalue weighted by atomic mass is 79.9. The van der Waals surface area contributed by atoms with Gasteiger partial charge in [0.2, 0.25) is 10.0 Å². The van der Waals surface area contributed by atoms with Gasteiger partial charge in [-0.3, -0.25) is 0 Å². The second-order valence-electron chi connectivity index (χ2n) is 4.06. The zero-order valence-corrected chi connectivity index (χ0v) is 12.3. The summed E-state index contributed by atoms with van der Waals surface area (Å²) in [5, 5.41) is 0. The molecule has 0 aliphatic rings. The Morgan fingerprint density at radius 1 is 1.41 bits per heavy atom. The van der Waals surface area contributed by atoms with Crippen LogP contribution in [0.2, 0.25) is 0 Å². The minimum Gasteiger partial charge on any atom is -0.208 e. The first-order chi connectivity index (χ1) is 7.81. The van der Waals surface area contributed by atoms with E-state index in [-0.39, 0.29) is 10.9 Å². The molecule has 0 aliphatic carbocycles. The third kappa shape index (κ3) is 4.61. The molecule has 1 atom stereocenters. The lowest BCUT2D eigenvalue weighted by atomic mass is 10.2. The Labute approximate surface area is 111 Å². The number of nitrogens with one attached hydrogen (secondary N) is 1. The molecule has 0 heterocycles. The van der Waals surface area contributed by atoms with Gasteiger partial charge in [0.05, 0.1) is 4.90 Å². The van der Waals surface area contributed by atoms with Crippen LogP contribution in [0.1, 0.15) is 18.9 Å². The molecule has 94 valence electrons. The van der Waals surface area contributed by atoms with Crippen molar-refractivity contribution in [3.8, 4) is 0 Å². The first-order valence-corrected chi connectivity index (χ1v) is 7.51. The molecule has 0 aromatic heterocycles. The number of halogens is 1. The van der Waals surface area contributed by atoms with Crippen LogP contribution in [0.3, 0.4) is 0 Å². The van der Waals surface area contributed by atoms with Crippen molar-refractivity contribution in [2.24, 2.45) is 0 Å². The predicted octanol–water partition coefficient (Wildman–Crippen LogP) is 2.96. The van der Waals surface area contributed by atoms with E-state index in [0.717, 1.165) is 10.0 Å². The summed E-state index contributed by atoms with van der Waals surface area (Å²) in [5.41, 5.74) is 1.03. The van der Waals surface area contributed by atoms with Gasteiger partial charge in [0.1, 0.15) is 0 Å². The Balaban J connectivity index is 2.82. The number of aryl methyl sites for hydroxylation is 1. The van der Waals surface area contributed by atoms with E-state index in [2.05, 4.69) is 27.2 Å². The van der Waals surface area contributed by atoms with Crippen LogP contribution in [0.5, 0.6) is 0 Å². The van der Waals surface area contributed by atoms with Crippen molar-refractivity contribution >= 4 is 26.0 Å². The fraction of sp³-hybridized carbons (Fsp3) is 0.333. The van der Waals surface area contributed by atoms with Gasteiger partial charge < -0.3 is 0 Å². The van der Waals surface area contributed by atoms with Gasteiger partial charge in [-0.1, -0.05) is 40.2 Å². The highest BCUT2D eigenvalue weighted by molar-refractivity contribution is 9.11. The van der Waals surface area contributed by atoms with Gasteiger partial charge in [0.15, 0.2) is 0 Å². The smallest absolute Gasteiger partial charge is 0.208 e. The van der Waals surface area contributed by atoms with Crippen molar-refractivity contribution in [2.75, 3.05) is 0 Å². The van der Waals surface area contributed by atoms with E-state index in [9.17, 15) is 8.42 Å². The van der Waals surface area contributed by atoms with Crippen molar-refractivity contribution in [3.63, 3.8) is 0 Å². The van der Waals surface area contributed by atoms with Crippen LogP contribution in [-0.4, -0.2) is 14.5 Å². The molecule has 17 heavy (non-hydrogen) atoms. The molecule has 1 N–H and O–H groups in total. The molecule has 0 spiro atoms. The summed E-state index contributed by atoms with van der Waals surface area (Å²) >= 11 is 3.22. The Morgan fingerprint density at radius 3 is 2.41 bits per heavy atom. The maximum absolute atomic E-state index is 12.0. The van der Waals surface area contributed by atoms with E-state index in [0.29, 0.717) is 6.42 Å². The zero-order valence-electron chi connectivity index (χ0n) is 9.90. The number of hydrogen-bond donors (Lipinski definition) is 1. The SMILES string of the molecule is C=C(Br)CC(C)NS(=O)(=O)c1ccc(C)cc1. The fourth-order valence-electron chi connectivity index (χ4n) is 1.42. The van der Waals surface area contributed by atoms with Gasteiger partial charge in [-0.2, -0.15) is 0 Å². The van der Waals surface area contributed by atoms with E-state index in [1.165, 1.54) is 0 Å². The van der Waals surface area contributed by atoms with Crippen LogP contribution in [0.25, 0.3) is 0 Å². The van der Waals surface area contributed by atoms with Crippen molar-refractivity contribution in [3.05, 3.63) is 40.9 Å². The van der Waals surface area contributed by atoms with Gasteiger partial charge >= 0.3 is 0 Å². The van der Waals surface area contributed by atoms with E-state index in [1.54, 1.807) is 31.2 Å². The maximum atomic E-state index is 12.0. The summed E-state index contributed by atoms with van der Waals surface area (Å²) in [6.45, 7) is 7.41. The molecule has 1 rings (SSSR count). The molecule has 0 fully saturated rings. The van der Waals surface area contributed by atoms with Crippen LogP contribution in [-0.2, 0) is 10.0 Å². The number of sulfonamides is 1. The van der Waals surface area contributed by atoms with Crippen LogP contribution in [0.4, 0.5) is 0 Å². The summed E-state index contributed by atoms with van der Waals surface area (Å²) in [7, 11) is -3.43. The van der Waals surface area contributed by atoms with Gasteiger partial charge in [-0.25, -0.2) is 13.1 Å². The predicted molar refractivity (Wildman–Crippen MR) is 73.6 cm³/mol. The first kappa shape index (κ1) is 14.4. The summed E-state index contributed by atoms with van der Waals surface area (Å²) in [5.74, 6) is 0. The second kappa shape index (κ2) is 5.80. The van der Waals surface area contributed by atoms with E-state index < -0.39 is 10.0 Å². The summed E-state index contributed by atoms with van der Waals surface area (Å²) < 4.78 is 27.3. The third-order valence-electron chi connectivity index (χ3n) is 2.22. The van der Waals surface area contributed by atoms with Crippen molar-refractivity contribution in [1.82, 2.24) is 4.72 Å². The average molecular weight is 318 g/mol. The van der Waals surface area contributed by atoms with Crippen LogP contribution >= 0.6 is 15.9 Å². The molecular formula is C12H16BrNO2S. The van der Waals surface area contributed by atoms with Crippen LogP contribution in [0, 0.1) is 6.92 Å². The zero-order chi connectivity index (χ0) is 13.1. The highest BCUT2D eigenvalue weighted by Crippen LogP contribution is 2.14. The minimum atomic E-state index is -3.43. The van der Waals surface area contributed by atoms with E-state index in [4.69, 9.17) is 0 Å². The Morgan fingerprint density at radius 2 is 1.94 bits per heavy atom. The van der Waals surface area contributed by atoms with Gasteiger partial charge in [0.25, 0.3) is 0 Å². The molecule has 0 amide bonds. The third-order valence-corrected chi connectivity index (χ3v) is 4.14. The maximum Gasteiger partial charge on any atom is 0.240 e. The topological polar surface area (TPSA) is 46.2 Å². The molecule has 0 aliphatic heterocycles. The Bertz CT molecular complexity index is 494. The molecule has 0 bridgehead atoms. The lowest BCUT2D eigenvalue weighted by molar-refractivity contribution is 0.561. The largest absolute Gasteiger partial charge is 0.240 e. The second-order valence-corrected chi connectivity index (χ2v) is 6.89. The standard InChI is InChI=1S/C12H16BrNO2S/c1-9-4-6-12(7-5-9)17(15,16)14-11(3)8-10(2)13/h4-7,11,14H,2,8H2,1,3H3. The van der Waals surface area contributed by atoms with Crippen LogP contribution in [0.15, 0.2) is 40.2 Å². The molecule has 1 aromatic carbocycles. The molecule has 0 saturated carbocycles.